The van der Waals surface area contributed by atoms with Crippen LogP contribution < -0.4 is 0 Å². The molecule has 0 nitrogen and oxygen atoms in total. The van der Waals surface area contributed by atoms with Gasteiger partial charge in [-0.15, -0.1) is 0 Å². The van der Waals surface area contributed by atoms with E-state index >= 15 is 0 Å². The van der Waals surface area contributed by atoms with E-state index in [1.807, 2.05) is 0 Å². The topological polar surface area (TPSA) is 0 Å². The Bertz CT molecular complexity index is 562. The Kier molecular flexibility index (Phi) is 10.0. The monoisotopic (exact) mass is 604 g/mol. The molecule has 0 aliphatic heterocycles. The highest BCUT2D eigenvalue weighted by Gasteiger charge is 3.00. The molecule has 0 saturated heterocycles. The van der Waals surface area contributed by atoms with Crippen molar-refractivity contribution in [3.8, 4) is 0 Å². The molecule has 1 rings (SSSR count). The summed E-state index contributed by atoms with van der Waals surface area (Å²) < 4.78 is 150. The molecular weight excluding hydrogens is 576 g/mol. The summed E-state index contributed by atoms with van der Waals surface area (Å²) in [6.07, 6.45) is 6.52. The Hall–Kier alpha value is -0.0400. The Labute approximate surface area is 194 Å². The van der Waals surface area contributed by atoms with Crippen molar-refractivity contribution in [1.29, 1.82) is 0 Å². The number of hydrogen-bond donors (Lipinski definition) is 0. The third-order valence-corrected chi connectivity index (χ3v) is 7.01. The van der Waals surface area contributed by atoms with Crippen LogP contribution in [-0.2, 0) is 0 Å². The maximum absolute atomic E-state index is 14.7. The maximum atomic E-state index is 14.7. The van der Waals surface area contributed by atoms with Crippen molar-refractivity contribution < 1.29 is 48.3 Å². The third-order valence-electron chi connectivity index (χ3n) is 5.95. The zero-order valence-corrected chi connectivity index (χ0v) is 19.8. The molecule has 1 fully saturated rings. The van der Waals surface area contributed by atoms with Crippen LogP contribution >= 0.6 is 22.6 Å². The van der Waals surface area contributed by atoms with Gasteiger partial charge >= 0.3 is 29.6 Å². The molecule has 32 heavy (non-hydrogen) atoms. The van der Waals surface area contributed by atoms with E-state index in [2.05, 4.69) is 6.92 Å². The normalized spacial score (nSPS) is 25.4. The van der Waals surface area contributed by atoms with Crippen molar-refractivity contribution in [2.45, 2.75) is 123 Å². The number of hydrogen-bond acceptors (Lipinski definition) is 0. The Balaban J connectivity index is 2.71. The maximum Gasteiger partial charge on any atom is 0.384 e. The van der Waals surface area contributed by atoms with E-state index < -0.39 is 45.6 Å². The Morgan fingerprint density at radius 2 is 0.812 bits per heavy atom. The van der Waals surface area contributed by atoms with Crippen molar-refractivity contribution in [1.82, 2.24) is 0 Å². The van der Waals surface area contributed by atoms with Gasteiger partial charge < -0.3 is 0 Å². The molecule has 192 valence electrons. The predicted molar refractivity (Wildman–Crippen MR) is 107 cm³/mol. The molecule has 0 heterocycles. The van der Waals surface area contributed by atoms with Crippen LogP contribution in [0.2, 0.25) is 0 Å². The summed E-state index contributed by atoms with van der Waals surface area (Å²) in [5.41, 5.74) is -5.85. The first-order valence-electron chi connectivity index (χ1n) is 10.7. The number of rotatable bonds is 13. The first-order valence-corrected chi connectivity index (χ1v) is 11.9. The molecule has 0 N–H and O–H groups in total. The minimum Gasteiger partial charge on any atom is -0.230 e. The van der Waals surface area contributed by atoms with Crippen LogP contribution in [0.25, 0.3) is 0 Å². The summed E-state index contributed by atoms with van der Waals surface area (Å²) in [5.74, 6) is -34.6. The van der Waals surface area contributed by atoms with Crippen LogP contribution in [0.5, 0.6) is 0 Å². The van der Waals surface area contributed by atoms with Gasteiger partial charge in [0.25, 0.3) is 5.67 Å². The van der Waals surface area contributed by atoms with E-state index in [4.69, 9.17) is 0 Å². The second-order valence-electron chi connectivity index (χ2n) is 8.45. The molecule has 1 atom stereocenters. The van der Waals surface area contributed by atoms with Crippen LogP contribution in [0.3, 0.4) is 0 Å². The van der Waals surface area contributed by atoms with E-state index in [1.54, 1.807) is 0 Å². The van der Waals surface area contributed by atoms with E-state index in [9.17, 15) is 48.3 Å². The summed E-state index contributed by atoms with van der Waals surface area (Å²) in [4.78, 5) is 0. The van der Waals surface area contributed by atoms with Crippen LogP contribution in [0, 0.1) is 0 Å². The van der Waals surface area contributed by atoms with E-state index in [0.717, 1.165) is 44.9 Å². The van der Waals surface area contributed by atoms with Gasteiger partial charge in [0.05, 0.1) is 0 Å². The average Bonchev–Trinajstić information content (AvgIpc) is 2.67. The Morgan fingerprint density at radius 1 is 0.500 bits per heavy atom. The second-order valence-corrected chi connectivity index (χ2v) is 10.2. The van der Waals surface area contributed by atoms with E-state index in [1.165, 1.54) is 22.6 Å². The molecule has 0 bridgehead atoms. The van der Waals surface area contributed by atoms with Gasteiger partial charge in [0.15, 0.2) is 0 Å². The van der Waals surface area contributed by atoms with Crippen LogP contribution in [-0.4, -0.2) is 39.2 Å². The highest BCUT2D eigenvalue weighted by molar-refractivity contribution is 14.1. The zero-order valence-electron chi connectivity index (χ0n) is 17.6. The van der Waals surface area contributed by atoms with Gasteiger partial charge in [0.1, 0.15) is 0 Å². The molecule has 1 unspecified atom stereocenters. The molecule has 0 amide bonds. The summed E-state index contributed by atoms with van der Waals surface area (Å²) in [6, 6.07) is 0. The van der Waals surface area contributed by atoms with Gasteiger partial charge in [-0.05, 0) is 6.42 Å². The summed E-state index contributed by atoms with van der Waals surface area (Å²) in [5, 5.41) is 0. The van der Waals surface area contributed by atoms with Crippen molar-refractivity contribution in [2.75, 3.05) is 0 Å². The minimum absolute atomic E-state index is 0.192. The minimum atomic E-state index is -7.14. The largest absolute Gasteiger partial charge is 0.384 e. The fourth-order valence-corrected chi connectivity index (χ4v) is 4.85. The van der Waals surface area contributed by atoms with Gasteiger partial charge in [0.2, 0.25) is 0 Å². The molecular formula is C20H28F11I. The molecule has 0 aromatic rings. The van der Waals surface area contributed by atoms with Crippen LogP contribution in [0.1, 0.15) is 84.0 Å². The summed E-state index contributed by atoms with van der Waals surface area (Å²) in [6.45, 7) is 2.09. The second kappa shape index (κ2) is 10.7. The lowest BCUT2D eigenvalue weighted by Gasteiger charge is -2.53. The van der Waals surface area contributed by atoms with Crippen molar-refractivity contribution >= 4 is 22.6 Å². The highest BCUT2D eigenvalue weighted by atomic mass is 127. The molecule has 12 heteroatoms. The fourth-order valence-electron chi connectivity index (χ4n) is 3.80. The lowest BCUT2D eigenvalue weighted by Crippen LogP contribution is -2.83. The quantitative estimate of drug-likeness (QED) is 0.0851. The predicted octanol–water partition coefficient (Wildman–Crippen LogP) is 9.39. The lowest BCUT2D eigenvalue weighted by molar-refractivity contribution is -0.485. The fraction of sp³-hybridized carbons (Fsp3) is 1.00. The zero-order chi connectivity index (χ0) is 25.1. The van der Waals surface area contributed by atoms with Gasteiger partial charge in [0, 0.05) is 10.3 Å². The highest BCUT2D eigenvalue weighted by Crippen LogP contribution is 2.70. The summed E-state index contributed by atoms with van der Waals surface area (Å²) >= 11 is 1.22. The smallest absolute Gasteiger partial charge is 0.230 e. The molecule has 1 aliphatic rings. The van der Waals surface area contributed by atoms with Crippen LogP contribution in [0.4, 0.5) is 48.3 Å². The number of unbranched alkanes of at least 4 members (excludes halogenated alkanes) is 9. The number of alkyl halides is 12. The van der Waals surface area contributed by atoms with E-state index in [-0.39, 0.29) is 12.8 Å². The molecule has 0 spiro atoms. The Morgan fingerprint density at radius 3 is 1.19 bits per heavy atom. The standard InChI is InChI=1S/C20H28F11I/c1-2-3-4-5-6-7-8-9-10-11-12-14(32)13-15(21)16(22,23)18(26,27)20(30,31)19(28,29)17(15,24)25/h14H,2-13H2,1H3. The van der Waals surface area contributed by atoms with Crippen LogP contribution in [0.15, 0.2) is 0 Å². The molecule has 0 radical (unpaired) electrons. The van der Waals surface area contributed by atoms with Crippen molar-refractivity contribution in [2.24, 2.45) is 0 Å². The van der Waals surface area contributed by atoms with Gasteiger partial charge in [-0.2, -0.15) is 43.9 Å². The molecule has 1 aliphatic carbocycles. The third kappa shape index (κ3) is 4.99. The molecule has 1 saturated carbocycles. The lowest BCUT2D eigenvalue weighted by atomic mass is 9.70. The molecule has 0 aromatic heterocycles. The van der Waals surface area contributed by atoms with E-state index in [0.29, 0.717) is 12.8 Å². The average molecular weight is 604 g/mol. The SMILES string of the molecule is CCCCCCCCCCCCC(I)CC1(F)C(F)(F)C(F)(F)C(F)(F)C(F)(F)C1(F)F. The first kappa shape index (κ1) is 30.0. The number of halogens is 12. The van der Waals surface area contributed by atoms with Gasteiger partial charge in [-0.3, -0.25) is 0 Å². The molecule has 0 aromatic carbocycles. The first-order chi connectivity index (χ1) is 14.5. The summed E-state index contributed by atoms with van der Waals surface area (Å²) in [7, 11) is 0. The van der Waals surface area contributed by atoms with Crippen molar-refractivity contribution in [3.63, 3.8) is 0 Å². The van der Waals surface area contributed by atoms with Crippen molar-refractivity contribution in [3.05, 3.63) is 0 Å². The van der Waals surface area contributed by atoms with Gasteiger partial charge in [-0.25, -0.2) is 4.39 Å². The van der Waals surface area contributed by atoms with Gasteiger partial charge in [-0.1, -0.05) is 93.7 Å².